The second-order valence-electron chi connectivity index (χ2n) is 5.43. The van der Waals surface area contributed by atoms with E-state index in [-0.39, 0.29) is 0 Å². The summed E-state index contributed by atoms with van der Waals surface area (Å²) in [6.45, 7) is 0. The van der Waals surface area contributed by atoms with Crippen molar-refractivity contribution in [3.05, 3.63) is 0 Å². The highest BCUT2D eigenvalue weighted by molar-refractivity contribution is 14.1. The van der Waals surface area contributed by atoms with E-state index < -0.39 is 59.5 Å². The van der Waals surface area contributed by atoms with Gasteiger partial charge in [0.1, 0.15) is 28.5 Å². The molecule has 10 atom stereocenters. The molecule has 10 nitrogen and oxygen atoms in total. The molecule has 0 unspecified atom stereocenters. The molecule has 2 fully saturated rings. The molecule has 0 aromatic heterocycles. The average Bonchev–Trinajstić information content (AvgIpc) is 2.55. The lowest BCUT2D eigenvalue weighted by Crippen LogP contribution is -2.66. The summed E-state index contributed by atoms with van der Waals surface area (Å²) in [4.78, 5) is 0. The van der Waals surface area contributed by atoms with Crippen LogP contribution in [0.25, 0.3) is 0 Å². The Labute approximate surface area is 147 Å². The van der Waals surface area contributed by atoms with Crippen molar-refractivity contribution in [2.75, 3.05) is 14.2 Å². The molecule has 7 N–H and O–H groups in total. The second-order valence-corrected chi connectivity index (χ2v) is 6.65. The molecule has 2 aliphatic rings. The minimum atomic E-state index is -1.33. The number of halogens is 1. The van der Waals surface area contributed by atoms with E-state index >= 15 is 0 Å². The fourth-order valence-corrected chi connectivity index (χ4v) is 3.21. The van der Waals surface area contributed by atoms with Gasteiger partial charge in [-0.2, -0.15) is 0 Å². The second kappa shape index (κ2) is 8.14. The largest absolute Gasteiger partial charge is 0.388 e. The van der Waals surface area contributed by atoms with Gasteiger partial charge >= 0.3 is 0 Å². The van der Waals surface area contributed by atoms with Gasteiger partial charge in [-0.3, -0.25) is 0 Å². The van der Waals surface area contributed by atoms with Crippen molar-refractivity contribution in [2.45, 2.75) is 59.5 Å². The summed E-state index contributed by atoms with van der Waals surface area (Å²) in [6.07, 6.45) is -7.91. The topological polar surface area (TPSA) is 159 Å². The van der Waals surface area contributed by atoms with Crippen molar-refractivity contribution < 1.29 is 39.0 Å². The molecule has 23 heavy (non-hydrogen) atoms. The molecule has 2 heterocycles. The van der Waals surface area contributed by atoms with Crippen LogP contribution < -0.4 is 11.5 Å². The number of ether oxygens (including phenoxy) is 5. The zero-order valence-corrected chi connectivity index (χ0v) is 14.8. The van der Waals surface area contributed by atoms with E-state index in [1.807, 2.05) is 22.6 Å². The SMILES string of the molecule is CO[C@H]1O[C@@H](O[C@@H]2[C@@H](OC)O[C@@H](I)[C@H](N)[C@H]2O)[C@H](N)[C@@H](O)[C@@H]1O. The molecule has 0 radical (unpaired) electrons. The molecule has 0 spiro atoms. The van der Waals surface area contributed by atoms with Crippen molar-refractivity contribution in [1.82, 2.24) is 0 Å². The Morgan fingerprint density at radius 2 is 1.43 bits per heavy atom. The third kappa shape index (κ3) is 3.95. The van der Waals surface area contributed by atoms with E-state index in [0.29, 0.717) is 0 Å². The normalized spacial score (nSPS) is 51.7. The van der Waals surface area contributed by atoms with Crippen molar-refractivity contribution in [2.24, 2.45) is 11.5 Å². The van der Waals surface area contributed by atoms with E-state index in [1.54, 1.807) is 0 Å². The third-order valence-electron chi connectivity index (χ3n) is 3.93. The van der Waals surface area contributed by atoms with E-state index in [0.717, 1.165) is 0 Å². The van der Waals surface area contributed by atoms with Crippen LogP contribution in [0, 0.1) is 0 Å². The van der Waals surface area contributed by atoms with E-state index in [1.165, 1.54) is 14.2 Å². The van der Waals surface area contributed by atoms with E-state index in [9.17, 15) is 15.3 Å². The van der Waals surface area contributed by atoms with Gasteiger partial charge in [-0.05, 0) is 22.6 Å². The van der Waals surface area contributed by atoms with Gasteiger partial charge in [0.25, 0.3) is 0 Å². The molecule has 0 bridgehead atoms. The van der Waals surface area contributed by atoms with Gasteiger partial charge in [-0.1, -0.05) is 0 Å². The van der Waals surface area contributed by atoms with Crippen LogP contribution in [-0.4, -0.2) is 89.0 Å². The van der Waals surface area contributed by atoms with Gasteiger partial charge < -0.3 is 50.5 Å². The average molecular weight is 450 g/mol. The first kappa shape index (κ1) is 19.7. The lowest BCUT2D eigenvalue weighted by Gasteiger charge is -2.45. The Morgan fingerprint density at radius 1 is 0.826 bits per heavy atom. The van der Waals surface area contributed by atoms with E-state index in [2.05, 4.69) is 0 Å². The van der Waals surface area contributed by atoms with Crippen molar-refractivity contribution >= 4 is 22.6 Å². The first-order chi connectivity index (χ1) is 10.8. The van der Waals surface area contributed by atoms with Crippen LogP contribution in [-0.2, 0) is 23.7 Å². The van der Waals surface area contributed by atoms with Crippen LogP contribution in [0.15, 0.2) is 0 Å². The predicted octanol–water partition coefficient (Wildman–Crippen LogP) is -2.80. The molecular formula is C12H23IN2O8. The summed E-state index contributed by atoms with van der Waals surface area (Å²) >= 11 is 1.94. The number of hydrogen-bond acceptors (Lipinski definition) is 10. The number of alkyl halides is 1. The summed E-state index contributed by atoms with van der Waals surface area (Å²) in [6, 6.07) is -1.77. The minimum Gasteiger partial charge on any atom is -0.388 e. The first-order valence-corrected chi connectivity index (χ1v) is 8.27. The molecule has 0 amide bonds. The highest BCUT2D eigenvalue weighted by Gasteiger charge is 2.49. The number of methoxy groups -OCH3 is 2. The van der Waals surface area contributed by atoms with Crippen LogP contribution in [0.1, 0.15) is 0 Å². The maximum atomic E-state index is 10.3. The zero-order valence-electron chi connectivity index (χ0n) is 12.7. The van der Waals surface area contributed by atoms with Crippen LogP contribution in [0.5, 0.6) is 0 Å². The van der Waals surface area contributed by atoms with Gasteiger partial charge in [0.2, 0.25) is 0 Å². The Bertz CT molecular complexity index is 390. The maximum Gasteiger partial charge on any atom is 0.188 e. The van der Waals surface area contributed by atoms with Crippen LogP contribution >= 0.6 is 22.6 Å². The molecule has 2 aliphatic heterocycles. The summed E-state index contributed by atoms with van der Waals surface area (Å²) in [5, 5.41) is 30.1. The molecule has 0 aromatic carbocycles. The Hall–Kier alpha value is 0.330. The predicted molar refractivity (Wildman–Crippen MR) is 84.2 cm³/mol. The third-order valence-corrected chi connectivity index (χ3v) is 5.05. The number of aliphatic hydroxyl groups is 3. The van der Waals surface area contributed by atoms with Crippen molar-refractivity contribution in [3.63, 3.8) is 0 Å². The van der Waals surface area contributed by atoms with Gasteiger partial charge in [-0.15, -0.1) is 0 Å². The number of rotatable bonds is 4. The monoisotopic (exact) mass is 450 g/mol. The summed E-state index contributed by atoms with van der Waals surface area (Å²) in [5.74, 6) is 0. The molecule has 0 saturated carbocycles. The zero-order chi connectivity index (χ0) is 17.3. The molecule has 2 saturated heterocycles. The van der Waals surface area contributed by atoms with Gasteiger partial charge in [0, 0.05) is 14.2 Å². The number of nitrogens with two attached hydrogens (primary N) is 2. The van der Waals surface area contributed by atoms with Crippen LogP contribution in [0.2, 0.25) is 0 Å². The fraction of sp³-hybridized carbons (Fsp3) is 1.00. The lowest BCUT2D eigenvalue weighted by atomic mass is 10.0. The van der Waals surface area contributed by atoms with Crippen LogP contribution in [0.3, 0.4) is 0 Å². The first-order valence-electron chi connectivity index (χ1n) is 7.03. The molecule has 11 heteroatoms. The highest BCUT2D eigenvalue weighted by Crippen LogP contribution is 2.30. The summed E-state index contributed by atoms with van der Waals surface area (Å²) in [5.41, 5.74) is 11.7. The summed E-state index contributed by atoms with van der Waals surface area (Å²) in [7, 11) is 2.70. The number of aliphatic hydroxyl groups excluding tert-OH is 3. The Balaban J connectivity index is 2.11. The van der Waals surface area contributed by atoms with Gasteiger partial charge in [-0.25, -0.2) is 0 Å². The minimum absolute atomic E-state index is 0.465. The van der Waals surface area contributed by atoms with Gasteiger partial charge in [0.05, 0.1) is 12.1 Å². The fourth-order valence-electron chi connectivity index (χ4n) is 2.49. The molecule has 0 aliphatic carbocycles. The maximum absolute atomic E-state index is 10.3. The standard InChI is InChI=1S/C12H23IN2O8/c1-19-11-7(18)5(16)4(15)10(23-11)21-8-6(17)3(14)9(13)22-12(8)20-2/h3-12,16-18H,14-15H2,1-2H3/t3-,4-,5-,6-,7+,8+,9-,10-,11+,12+/m1/s1. The molecule has 0 aromatic rings. The van der Waals surface area contributed by atoms with E-state index in [4.69, 9.17) is 35.2 Å². The molecule has 136 valence electrons. The number of hydrogen-bond donors (Lipinski definition) is 5. The highest BCUT2D eigenvalue weighted by atomic mass is 127. The lowest BCUT2D eigenvalue weighted by molar-refractivity contribution is -0.356. The van der Waals surface area contributed by atoms with Crippen LogP contribution in [0.4, 0.5) is 0 Å². The molecule has 2 rings (SSSR count). The smallest absolute Gasteiger partial charge is 0.188 e. The van der Waals surface area contributed by atoms with Crippen molar-refractivity contribution in [3.8, 4) is 0 Å². The van der Waals surface area contributed by atoms with Crippen molar-refractivity contribution in [1.29, 1.82) is 0 Å². The molecular weight excluding hydrogens is 427 g/mol. The summed E-state index contributed by atoms with van der Waals surface area (Å²) < 4.78 is 26.2. The van der Waals surface area contributed by atoms with Gasteiger partial charge in [0.15, 0.2) is 18.9 Å². The Kier molecular flexibility index (Phi) is 6.95. The quantitative estimate of drug-likeness (QED) is 0.224. The Morgan fingerprint density at radius 3 is 2.00 bits per heavy atom.